The summed E-state index contributed by atoms with van der Waals surface area (Å²) in [6.45, 7) is 14.6. The average Bonchev–Trinajstić information content (AvgIpc) is 3.72. The number of ketones is 2. The lowest BCUT2D eigenvalue weighted by Gasteiger charge is -2.59. The Morgan fingerprint density at radius 2 is 1.73 bits per heavy atom. The minimum atomic E-state index is -4.95. The lowest BCUT2D eigenvalue weighted by atomic mass is 9.46. The fourth-order valence-corrected chi connectivity index (χ4v) is 13.0. The second kappa shape index (κ2) is 17.9. The summed E-state index contributed by atoms with van der Waals surface area (Å²) in [7, 11) is -4.95. The van der Waals surface area contributed by atoms with E-state index in [0.29, 0.717) is 37.1 Å². The normalized spacial score (nSPS) is 34.1. The van der Waals surface area contributed by atoms with E-state index >= 15 is 0 Å². The fraction of sp³-hybridized carbons (Fsp3) is 0.723. The van der Waals surface area contributed by atoms with Crippen molar-refractivity contribution in [2.24, 2.45) is 40.4 Å². The van der Waals surface area contributed by atoms with Crippen LogP contribution >= 0.6 is 7.82 Å². The second-order valence-corrected chi connectivity index (χ2v) is 21.8. The molecule has 15 heteroatoms. The summed E-state index contributed by atoms with van der Waals surface area (Å²) >= 11 is 0. The zero-order chi connectivity index (χ0) is 45.0. The van der Waals surface area contributed by atoms with Gasteiger partial charge in [-0.3, -0.25) is 19.4 Å². The molecule has 1 saturated heterocycles. The van der Waals surface area contributed by atoms with Crippen molar-refractivity contribution in [2.75, 3.05) is 32.8 Å². The third kappa shape index (κ3) is 9.47. The van der Waals surface area contributed by atoms with Gasteiger partial charge in [-0.15, -0.1) is 0 Å². The average molecular weight is 886 g/mol. The van der Waals surface area contributed by atoms with E-state index in [2.05, 4.69) is 19.2 Å². The largest absolute Gasteiger partial charge is 0.524 e. The van der Waals surface area contributed by atoms with Crippen molar-refractivity contribution < 1.29 is 62.2 Å². The van der Waals surface area contributed by atoms with E-state index in [-0.39, 0.29) is 76.7 Å². The Bertz CT molecular complexity index is 1960. The number of nitrogens with one attached hydrogen (secondary N) is 1. The third-order valence-electron chi connectivity index (χ3n) is 15.7. The van der Waals surface area contributed by atoms with Crippen LogP contribution in [-0.2, 0) is 39.7 Å². The van der Waals surface area contributed by atoms with Gasteiger partial charge in [-0.2, -0.15) is 0 Å². The van der Waals surface area contributed by atoms with Gasteiger partial charge in [-0.25, -0.2) is 9.36 Å². The molecular formula is C47H70N2O12P+. The van der Waals surface area contributed by atoms with Crippen LogP contribution in [-0.4, -0.2) is 105 Å². The van der Waals surface area contributed by atoms with Gasteiger partial charge in [0.2, 0.25) is 0 Å². The van der Waals surface area contributed by atoms with Gasteiger partial charge in [-0.1, -0.05) is 50.8 Å². The number of benzene rings is 1. The summed E-state index contributed by atoms with van der Waals surface area (Å²) in [5.41, 5.74) is 0.504. The molecule has 0 radical (unpaired) electrons. The first-order valence-electron chi connectivity index (χ1n) is 22.9. The Balaban J connectivity index is 1.11. The van der Waals surface area contributed by atoms with Gasteiger partial charge in [0.1, 0.15) is 12.3 Å². The molecule has 1 aliphatic heterocycles. The number of carbonyl (C=O) groups excluding carboxylic acids is 3. The molecule has 11 atom stereocenters. The summed E-state index contributed by atoms with van der Waals surface area (Å²) < 4.78 is 36.9. The molecule has 5 N–H and O–H groups in total. The molecule has 4 saturated carbocycles. The van der Waals surface area contributed by atoms with Crippen molar-refractivity contribution in [3.63, 3.8) is 0 Å². The summed E-state index contributed by atoms with van der Waals surface area (Å²) in [6, 6.07) is 4.65. The number of quaternary nitrogens is 1. The molecule has 14 nitrogen and oxygen atoms in total. The predicted molar refractivity (Wildman–Crippen MR) is 230 cm³/mol. The van der Waals surface area contributed by atoms with E-state index < -0.39 is 61.7 Å². The Labute approximate surface area is 366 Å². The van der Waals surface area contributed by atoms with E-state index in [1.54, 1.807) is 24.3 Å². The fourth-order valence-electron chi connectivity index (χ4n) is 12.5. The van der Waals surface area contributed by atoms with Crippen LogP contribution in [0.1, 0.15) is 117 Å². The van der Waals surface area contributed by atoms with Gasteiger partial charge in [-0.05, 0) is 114 Å². The van der Waals surface area contributed by atoms with E-state index in [4.69, 9.17) is 18.7 Å². The Kier molecular flexibility index (Phi) is 13.6. The molecule has 0 aromatic heterocycles. The summed E-state index contributed by atoms with van der Waals surface area (Å²) in [4.78, 5) is 60.6. The van der Waals surface area contributed by atoms with Gasteiger partial charge < -0.3 is 38.7 Å². The number of hydrogen-bond donors (Lipinski definition) is 5. The first kappa shape index (κ1) is 47.2. The quantitative estimate of drug-likeness (QED) is 0.0800. The van der Waals surface area contributed by atoms with Crippen LogP contribution in [0.2, 0.25) is 0 Å². The highest BCUT2D eigenvalue weighted by molar-refractivity contribution is 7.46. The number of likely N-dealkylation sites (N-methyl/N-ethyl adjacent to an activating group) is 1. The number of aliphatic hydroxyl groups excluding tert-OH is 2. The highest BCUT2D eigenvalue weighted by Crippen LogP contribution is 2.68. The van der Waals surface area contributed by atoms with Gasteiger partial charge in [0, 0.05) is 34.9 Å². The van der Waals surface area contributed by atoms with Crippen LogP contribution < -0.4 is 9.84 Å². The standard InChI is InChI=1S/C47H69N2O12P/c1-8-49(9-2,25-30-21-29(35(52)24-48-45(3,4)5)15-18-37(30)61-62(55,56)57)26-38(54)58-27-36(53)41-43-42(59-44(60-43)28-13-11-10-12-14-28)40-33-17-16-31-22-32(50)19-20-46(31,6)39(33)34(51)23-47(40,41)7/h15,18-22,28,33-35,39-44,48,51-52H,8-14,16-17,23-27H2,1-7H3,(H-,55,56,57)/p+1/t33?,34-,35?,39?,40?,41-,42?,43+,44+,46-,47-/m0/s1. The number of hydrogen-bond acceptors (Lipinski definition) is 11. The molecule has 0 amide bonds. The van der Waals surface area contributed by atoms with Crippen LogP contribution in [0.5, 0.6) is 5.75 Å². The van der Waals surface area contributed by atoms with Gasteiger partial charge in [0.15, 0.2) is 31.0 Å². The molecule has 5 fully saturated rings. The molecule has 7 rings (SSSR count). The molecule has 5 aliphatic carbocycles. The number of ether oxygens (including phenoxy) is 3. The second-order valence-electron chi connectivity index (χ2n) is 20.7. The van der Waals surface area contributed by atoms with Crippen molar-refractivity contribution in [1.29, 1.82) is 0 Å². The molecule has 0 spiro atoms. The number of phosphoric ester groups is 1. The minimum absolute atomic E-state index is 0.00569. The smallest absolute Gasteiger partial charge is 0.454 e. The molecule has 1 aromatic rings. The zero-order valence-corrected chi connectivity index (χ0v) is 38.5. The minimum Gasteiger partial charge on any atom is -0.454 e. The number of Topliss-reactive ketones (excluding diaryl/α,β-unsaturated/α-hetero) is 1. The number of nitrogens with zero attached hydrogens (tertiary/aromatic N) is 1. The van der Waals surface area contributed by atoms with Crippen LogP contribution in [0, 0.1) is 40.4 Å². The van der Waals surface area contributed by atoms with Gasteiger partial charge in [0.05, 0.1) is 43.4 Å². The third-order valence-corrected chi connectivity index (χ3v) is 16.1. The summed E-state index contributed by atoms with van der Waals surface area (Å²) in [5.74, 6) is -1.68. The zero-order valence-electron chi connectivity index (χ0n) is 37.6. The number of allylic oxidation sites excluding steroid dienone is 4. The number of aliphatic hydroxyl groups is 2. The maximum atomic E-state index is 14.7. The maximum absolute atomic E-state index is 14.7. The summed E-state index contributed by atoms with van der Waals surface area (Å²) in [6.07, 6.45) is 9.49. The Morgan fingerprint density at radius 1 is 1.03 bits per heavy atom. The SMILES string of the molecule is CC[N+](CC)(CC(=O)OCC(=O)[C@H]1[C@H]2O[C@H](C3CCCCC3)OC2C2C3CCC4=CC(=O)C=C[C@]4(C)C3[C@@H](O)C[C@@]21C)Cc1cc(C(O)CNC(C)(C)C)ccc1OP(=O)(O)O. The lowest BCUT2D eigenvalue weighted by Crippen LogP contribution is -2.58. The van der Waals surface area contributed by atoms with Crippen molar-refractivity contribution in [3.05, 3.63) is 53.1 Å². The van der Waals surface area contributed by atoms with Crippen molar-refractivity contribution in [1.82, 2.24) is 5.32 Å². The molecule has 0 bridgehead atoms. The molecule has 5 unspecified atom stereocenters. The number of β-amino-alcohol motifs (C(OH)–C–C–N with tert-alkyl or cyclic N) is 1. The van der Waals surface area contributed by atoms with Crippen molar-refractivity contribution in [2.45, 2.75) is 143 Å². The highest BCUT2D eigenvalue weighted by Gasteiger charge is 2.71. The van der Waals surface area contributed by atoms with Crippen LogP contribution in [0.4, 0.5) is 0 Å². The first-order valence-corrected chi connectivity index (χ1v) is 24.4. The van der Waals surface area contributed by atoms with Crippen LogP contribution in [0.15, 0.2) is 42.0 Å². The van der Waals surface area contributed by atoms with Gasteiger partial charge in [0.25, 0.3) is 0 Å². The molecule has 1 heterocycles. The molecular weight excluding hydrogens is 815 g/mol. The number of rotatable bonds is 15. The number of esters is 1. The monoisotopic (exact) mass is 885 g/mol. The molecule has 1 aromatic carbocycles. The van der Waals surface area contributed by atoms with Crippen molar-refractivity contribution >= 4 is 25.4 Å². The summed E-state index contributed by atoms with van der Waals surface area (Å²) in [5, 5.41) is 26.4. The highest BCUT2D eigenvalue weighted by atomic mass is 31.2. The van der Waals surface area contributed by atoms with Crippen LogP contribution in [0.25, 0.3) is 0 Å². The van der Waals surface area contributed by atoms with E-state index in [0.717, 1.165) is 37.7 Å². The van der Waals surface area contributed by atoms with E-state index in [1.807, 2.05) is 40.7 Å². The molecule has 6 aliphatic rings. The van der Waals surface area contributed by atoms with E-state index in [1.165, 1.54) is 12.5 Å². The van der Waals surface area contributed by atoms with E-state index in [9.17, 15) is 38.9 Å². The maximum Gasteiger partial charge on any atom is 0.524 e. The molecule has 62 heavy (non-hydrogen) atoms. The van der Waals surface area contributed by atoms with Crippen LogP contribution in [0.3, 0.4) is 0 Å². The number of carbonyl (C=O) groups is 3. The topological polar surface area (TPSA) is 198 Å². The number of phosphoric acid groups is 1. The van der Waals surface area contributed by atoms with Crippen molar-refractivity contribution in [3.8, 4) is 5.75 Å². The predicted octanol–water partition coefficient (Wildman–Crippen LogP) is 5.85. The lowest BCUT2D eigenvalue weighted by molar-refractivity contribution is -0.931. The van der Waals surface area contributed by atoms with Gasteiger partial charge >= 0.3 is 13.8 Å². The Morgan fingerprint density at radius 3 is 2.39 bits per heavy atom. The molecule has 344 valence electrons. The number of fused-ring (bicyclic) bond motifs is 7. The Hall–Kier alpha value is -2.78. The first-order chi connectivity index (χ1) is 29.1.